The third kappa shape index (κ3) is 2.21. The molecular formula is C5H11F2N. The van der Waals surface area contributed by atoms with Crippen molar-refractivity contribution < 1.29 is 8.78 Å². The van der Waals surface area contributed by atoms with Gasteiger partial charge >= 0.3 is 0 Å². The molecule has 0 spiro atoms. The molecule has 0 aromatic rings. The summed E-state index contributed by atoms with van der Waals surface area (Å²) in [5.41, 5.74) is 3.06. The van der Waals surface area contributed by atoms with Crippen molar-refractivity contribution in [2.24, 2.45) is 5.73 Å². The Labute approximate surface area is 47.9 Å². The lowest BCUT2D eigenvalue weighted by Crippen LogP contribution is -2.33. The number of alkyl halides is 2. The van der Waals surface area contributed by atoms with Gasteiger partial charge in [-0.2, -0.15) is 0 Å². The quantitative estimate of drug-likeness (QED) is 0.583. The predicted molar refractivity (Wildman–Crippen MR) is 29.1 cm³/mol. The average molecular weight is 123 g/mol. The monoisotopic (exact) mass is 123 g/mol. The van der Waals surface area contributed by atoms with Crippen molar-refractivity contribution in [2.45, 2.75) is 25.7 Å². The Kier molecular flexibility index (Phi) is 2.34. The Morgan fingerprint density at radius 1 is 1.62 bits per heavy atom. The van der Waals surface area contributed by atoms with Crippen molar-refractivity contribution in [3.05, 3.63) is 0 Å². The topological polar surface area (TPSA) is 26.0 Å². The minimum atomic E-state index is -1.78. The zero-order valence-corrected chi connectivity index (χ0v) is 5.12. The highest BCUT2D eigenvalue weighted by Crippen LogP contribution is 2.15. The fourth-order valence-corrected chi connectivity index (χ4v) is 0.280. The van der Waals surface area contributed by atoms with Crippen LogP contribution in [0.1, 0.15) is 13.8 Å². The van der Waals surface area contributed by atoms with Gasteiger partial charge in [0, 0.05) is 6.54 Å². The highest BCUT2D eigenvalue weighted by atomic mass is 19.2. The van der Waals surface area contributed by atoms with Crippen LogP contribution in [0.5, 0.6) is 0 Å². The number of halogens is 2. The number of nitrogens with two attached hydrogens (primary N) is 1. The summed E-state index contributed by atoms with van der Waals surface area (Å²) in [5, 5.41) is 0. The van der Waals surface area contributed by atoms with Gasteiger partial charge in [-0.3, -0.25) is 0 Å². The van der Waals surface area contributed by atoms with Crippen molar-refractivity contribution in [3.63, 3.8) is 0 Å². The second kappa shape index (κ2) is 2.40. The molecule has 0 aromatic heterocycles. The van der Waals surface area contributed by atoms with Crippen molar-refractivity contribution in [2.75, 3.05) is 6.54 Å². The molecule has 0 bridgehead atoms. The first-order valence-corrected chi connectivity index (χ1v) is 2.51. The zero-order chi connectivity index (χ0) is 6.78. The molecule has 50 valence electrons. The van der Waals surface area contributed by atoms with E-state index in [9.17, 15) is 8.78 Å². The van der Waals surface area contributed by atoms with E-state index in [1.54, 1.807) is 0 Å². The summed E-state index contributed by atoms with van der Waals surface area (Å²) in [6.45, 7) is 2.10. The van der Waals surface area contributed by atoms with Crippen LogP contribution in [0.25, 0.3) is 0 Å². The molecule has 2 N–H and O–H groups in total. The third-order valence-corrected chi connectivity index (χ3v) is 0.952. The van der Waals surface area contributed by atoms with Crippen LogP contribution in [-0.4, -0.2) is 18.4 Å². The first-order chi connectivity index (χ1) is 3.48. The molecule has 0 heterocycles. The fourth-order valence-electron chi connectivity index (χ4n) is 0.280. The summed E-state index contributed by atoms with van der Waals surface area (Å²) in [4.78, 5) is 0. The average Bonchev–Trinajstić information content (AvgIpc) is 1.62. The van der Waals surface area contributed by atoms with Crippen LogP contribution < -0.4 is 5.73 Å². The largest absolute Gasteiger partial charge is 0.328 e. The molecule has 0 aliphatic rings. The smallest absolute Gasteiger partial charge is 0.145 e. The summed E-state index contributed by atoms with van der Waals surface area (Å²) in [5.74, 6) is 0. The highest BCUT2D eigenvalue weighted by molar-refractivity contribution is 4.77. The van der Waals surface area contributed by atoms with E-state index in [0.29, 0.717) is 0 Å². The molecule has 3 heteroatoms. The van der Waals surface area contributed by atoms with Crippen LogP contribution in [0.2, 0.25) is 0 Å². The van der Waals surface area contributed by atoms with Crippen molar-refractivity contribution >= 4 is 0 Å². The van der Waals surface area contributed by atoms with Gasteiger partial charge in [0.25, 0.3) is 0 Å². The Bertz CT molecular complexity index is 67.3. The SMILES string of the molecule is CC(C)(F)[C@H](F)CN. The predicted octanol–water partition coefficient (Wildman–Crippen LogP) is 1.03. The third-order valence-electron chi connectivity index (χ3n) is 0.952. The lowest BCUT2D eigenvalue weighted by molar-refractivity contribution is 0.0910. The molecule has 0 aliphatic heterocycles. The molecule has 0 aliphatic carbocycles. The molecule has 0 unspecified atom stereocenters. The van der Waals surface area contributed by atoms with Crippen LogP contribution in [0.3, 0.4) is 0 Å². The molecule has 0 radical (unpaired) electrons. The summed E-state index contributed by atoms with van der Waals surface area (Å²) in [6, 6.07) is 0. The highest BCUT2D eigenvalue weighted by Gasteiger charge is 2.26. The molecule has 0 amide bonds. The summed E-state index contributed by atoms with van der Waals surface area (Å²) in [7, 11) is 0. The van der Waals surface area contributed by atoms with E-state index in [-0.39, 0.29) is 6.54 Å². The maximum absolute atomic E-state index is 12.3. The van der Waals surface area contributed by atoms with Gasteiger partial charge in [-0.1, -0.05) is 0 Å². The van der Waals surface area contributed by atoms with Gasteiger partial charge in [-0.15, -0.1) is 0 Å². The lowest BCUT2D eigenvalue weighted by Gasteiger charge is -2.16. The van der Waals surface area contributed by atoms with Crippen LogP contribution in [-0.2, 0) is 0 Å². The van der Waals surface area contributed by atoms with E-state index in [1.165, 1.54) is 13.8 Å². The van der Waals surface area contributed by atoms with E-state index in [1.807, 2.05) is 0 Å². The maximum atomic E-state index is 12.3. The van der Waals surface area contributed by atoms with Crippen LogP contribution in [0.4, 0.5) is 8.78 Å². The Morgan fingerprint density at radius 3 is 2.00 bits per heavy atom. The second-order valence-corrected chi connectivity index (χ2v) is 2.27. The minimum Gasteiger partial charge on any atom is -0.328 e. The van der Waals surface area contributed by atoms with Gasteiger partial charge in [0.05, 0.1) is 0 Å². The van der Waals surface area contributed by atoms with Crippen LogP contribution in [0, 0.1) is 0 Å². The van der Waals surface area contributed by atoms with Gasteiger partial charge < -0.3 is 5.73 Å². The Morgan fingerprint density at radius 2 is 2.00 bits per heavy atom. The molecule has 0 fully saturated rings. The van der Waals surface area contributed by atoms with Crippen molar-refractivity contribution in [3.8, 4) is 0 Å². The van der Waals surface area contributed by atoms with Crippen molar-refractivity contribution in [1.29, 1.82) is 0 Å². The minimum absolute atomic E-state index is 0.247. The van der Waals surface area contributed by atoms with Gasteiger partial charge in [-0.05, 0) is 13.8 Å². The van der Waals surface area contributed by atoms with E-state index < -0.39 is 11.8 Å². The molecular weight excluding hydrogens is 112 g/mol. The molecule has 0 saturated carbocycles. The zero-order valence-electron chi connectivity index (χ0n) is 5.12. The first kappa shape index (κ1) is 7.82. The molecule has 0 saturated heterocycles. The van der Waals surface area contributed by atoms with E-state index in [2.05, 4.69) is 0 Å². The van der Waals surface area contributed by atoms with E-state index in [0.717, 1.165) is 0 Å². The standard InChI is InChI=1S/C5H11F2N/c1-5(2,7)4(6)3-8/h4H,3,8H2,1-2H3/t4-/m1/s1. The summed E-state index contributed by atoms with van der Waals surface area (Å²) < 4.78 is 24.5. The van der Waals surface area contributed by atoms with Crippen molar-refractivity contribution in [1.82, 2.24) is 0 Å². The molecule has 8 heavy (non-hydrogen) atoms. The molecule has 1 nitrogen and oxygen atoms in total. The van der Waals surface area contributed by atoms with Gasteiger partial charge in [0.1, 0.15) is 11.8 Å². The fraction of sp³-hybridized carbons (Fsp3) is 1.00. The number of hydrogen-bond donors (Lipinski definition) is 1. The Balaban J connectivity index is 3.62. The van der Waals surface area contributed by atoms with Crippen LogP contribution in [0.15, 0.2) is 0 Å². The van der Waals surface area contributed by atoms with Gasteiger partial charge in [0.2, 0.25) is 0 Å². The second-order valence-electron chi connectivity index (χ2n) is 2.27. The number of rotatable bonds is 2. The molecule has 1 atom stereocenters. The normalized spacial score (nSPS) is 16.1. The number of hydrogen-bond acceptors (Lipinski definition) is 1. The first-order valence-electron chi connectivity index (χ1n) is 2.51. The summed E-state index contributed by atoms with van der Waals surface area (Å²) >= 11 is 0. The van der Waals surface area contributed by atoms with Gasteiger partial charge in [-0.25, -0.2) is 8.78 Å². The maximum Gasteiger partial charge on any atom is 0.145 e. The van der Waals surface area contributed by atoms with Crippen LogP contribution >= 0.6 is 0 Å². The van der Waals surface area contributed by atoms with Gasteiger partial charge in [0.15, 0.2) is 0 Å². The lowest BCUT2D eigenvalue weighted by atomic mass is 10.1. The van der Waals surface area contributed by atoms with E-state index >= 15 is 0 Å². The molecule has 0 aromatic carbocycles. The van der Waals surface area contributed by atoms with E-state index in [4.69, 9.17) is 5.73 Å². The molecule has 0 rings (SSSR count). The summed E-state index contributed by atoms with van der Waals surface area (Å²) in [6.07, 6.45) is -1.54. The Hall–Kier alpha value is -0.180.